The van der Waals surface area contributed by atoms with Crippen LogP contribution in [0, 0.1) is 0 Å². The minimum Gasteiger partial charge on any atom is -0.381 e. The first-order valence-electron chi connectivity index (χ1n) is 9.85. The van der Waals surface area contributed by atoms with Gasteiger partial charge in [0.25, 0.3) is 5.56 Å². The zero-order chi connectivity index (χ0) is 20.6. The van der Waals surface area contributed by atoms with E-state index in [1.165, 1.54) is 5.56 Å². The van der Waals surface area contributed by atoms with Crippen molar-refractivity contribution in [3.63, 3.8) is 0 Å². The molecule has 1 saturated heterocycles. The number of nitrogens with zero attached hydrogens (tertiary/aromatic N) is 3. The summed E-state index contributed by atoms with van der Waals surface area (Å²) >= 11 is 6.26. The van der Waals surface area contributed by atoms with Crippen molar-refractivity contribution in [3.8, 4) is 0 Å². The largest absolute Gasteiger partial charge is 0.381 e. The minimum absolute atomic E-state index is 0.138. The number of aromatic nitrogens is 4. The maximum absolute atomic E-state index is 12.6. The van der Waals surface area contributed by atoms with E-state index in [1.54, 1.807) is 10.9 Å². The third-order valence-electron chi connectivity index (χ3n) is 5.55. The van der Waals surface area contributed by atoms with Crippen molar-refractivity contribution in [1.82, 2.24) is 19.7 Å². The summed E-state index contributed by atoms with van der Waals surface area (Å²) in [6, 6.07) is 7.98. The zero-order valence-electron chi connectivity index (χ0n) is 17.0. The van der Waals surface area contributed by atoms with Crippen molar-refractivity contribution >= 4 is 28.6 Å². The number of H-pyrrole nitrogens is 1. The maximum atomic E-state index is 12.6. The molecule has 2 aromatic heterocycles. The summed E-state index contributed by atoms with van der Waals surface area (Å²) in [5.74, 6) is 0.446. The van der Waals surface area contributed by atoms with Crippen LogP contribution in [0.25, 0.3) is 11.0 Å². The van der Waals surface area contributed by atoms with E-state index >= 15 is 0 Å². The van der Waals surface area contributed by atoms with Crippen molar-refractivity contribution in [1.29, 1.82) is 0 Å². The molecule has 0 spiro atoms. The van der Waals surface area contributed by atoms with Gasteiger partial charge in [0.15, 0.2) is 5.65 Å². The molecule has 29 heavy (non-hydrogen) atoms. The van der Waals surface area contributed by atoms with Crippen LogP contribution in [0.3, 0.4) is 0 Å². The molecule has 3 heterocycles. The molecule has 1 aliphatic heterocycles. The predicted molar refractivity (Wildman–Crippen MR) is 115 cm³/mol. The van der Waals surface area contributed by atoms with Crippen LogP contribution in [0.15, 0.2) is 35.3 Å². The van der Waals surface area contributed by atoms with Crippen molar-refractivity contribution in [2.24, 2.45) is 0 Å². The van der Waals surface area contributed by atoms with Gasteiger partial charge in [-0.05, 0) is 51.3 Å². The summed E-state index contributed by atoms with van der Waals surface area (Å²) in [5.41, 5.74) is 1.14. The third kappa shape index (κ3) is 3.89. The number of hydrogen-bond acceptors (Lipinski definition) is 5. The average molecular weight is 416 g/mol. The van der Waals surface area contributed by atoms with Crippen molar-refractivity contribution in [2.45, 2.75) is 44.6 Å². The van der Waals surface area contributed by atoms with E-state index in [-0.39, 0.29) is 16.5 Å². The Labute approximate surface area is 174 Å². The SMILES string of the molecule is CC(C)(C)n1ncc2c(=O)[nH]c(NCC3(c4cccc(Cl)c4)CCOCC3)nc21. The number of benzene rings is 1. The summed E-state index contributed by atoms with van der Waals surface area (Å²) in [7, 11) is 0. The molecule has 0 aliphatic carbocycles. The topological polar surface area (TPSA) is 84.8 Å². The van der Waals surface area contributed by atoms with Gasteiger partial charge in [0.2, 0.25) is 5.95 Å². The fraction of sp³-hybridized carbons (Fsp3) is 0.476. The van der Waals surface area contributed by atoms with E-state index in [9.17, 15) is 4.79 Å². The first kappa shape index (κ1) is 19.9. The molecule has 0 unspecified atom stereocenters. The van der Waals surface area contributed by atoms with Gasteiger partial charge in [0.1, 0.15) is 5.39 Å². The highest BCUT2D eigenvalue weighted by Crippen LogP contribution is 2.36. The van der Waals surface area contributed by atoms with E-state index in [1.807, 2.05) is 39.0 Å². The van der Waals surface area contributed by atoms with Crippen LogP contribution in [-0.2, 0) is 15.7 Å². The van der Waals surface area contributed by atoms with Crippen LogP contribution in [-0.4, -0.2) is 39.5 Å². The molecular weight excluding hydrogens is 390 g/mol. The standard InChI is InChI=1S/C21H26ClN5O2/c1-20(2,3)27-17-16(12-24-27)18(28)26-19(25-17)23-13-21(7-9-29-10-8-21)14-5-4-6-15(22)11-14/h4-6,11-12H,7-10,13H2,1-3H3,(H2,23,25,26,28). The van der Waals surface area contributed by atoms with E-state index in [2.05, 4.69) is 26.4 Å². The van der Waals surface area contributed by atoms with Gasteiger partial charge in [-0.15, -0.1) is 0 Å². The van der Waals surface area contributed by atoms with Gasteiger partial charge in [-0.2, -0.15) is 10.1 Å². The number of rotatable bonds is 4. The average Bonchev–Trinajstić information content (AvgIpc) is 3.12. The molecule has 1 aromatic carbocycles. The molecule has 0 bridgehead atoms. The Bertz CT molecular complexity index is 1080. The molecule has 0 radical (unpaired) electrons. The van der Waals surface area contributed by atoms with E-state index in [0.29, 0.717) is 36.7 Å². The lowest BCUT2D eigenvalue weighted by atomic mass is 9.74. The summed E-state index contributed by atoms with van der Waals surface area (Å²) in [6.07, 6.45) is 3.31. The second-order valence-electron chi connectivity index (χ2n) is 8.64. The summed E-state index contributed by atoms with van der Waals surface area (Å²) < 4.78 is 7.38. The van der Waals surface area contributed by atoms with Crippen LogP contribution in [0.5, 0.6) is 0 Å². The van der Waals surface area contributed by atoms with Crippen LogP contribution in [0.4, 0.5) is 5.95 Å². The molecule has 1 aliphatic rings. The highest BCUT2D eigenvalue weighted by molar-refractivity contribution is 6.30. The van der Waals surface area contributed by atoms with Crippen LogP contribution >= 0.6 is 11.6 Å². The van der Waals surface area contributed by atoms with Gasteiger partial charge in [0, 0.05) is 30.2 Å². The molecule has 0 saturated carbocycles. The smallest absolute Gasteiger partial charge is 0.263 e. The number of ether oxygens (including phenoxy) is 1. The molecule has 8 heteroatoms. The molecule has 154 valence electrons. The Kier molecular flexibility index (Phi) is 5.12. The van der Waals surface area contributed by atoms with Crippen LogP contribution < -0.4 is 10.9 Å². The summed E-state index contributed by atoms with van der Waals surface area (Å²) in [6.45, 7) is 8.10. The lowest BCUT2D eigenvalue weighted by Gasteiger charge is -2.38. The molecule has 4 rings (SSSR count). The predicted octanol–water partition coefficient (Wildman–Crippen LogP) is 3.69. The number of anilines is 1. The quantitative estimate of drug-likeness (QED) is 0.678. The Balaban J connectivity index is 1.67. The highest BCUT2D eigenvalue weighted by atomic mass is 35.5. The molecule has 0 amide bonds. The van der Waals surface area contributed by atoms with Gasteiger partial charge in [-0.25, -0.2) is 4.68 Å². The summed E-state index contributed by atoms with van der Waals surface area (Å²) in [5, 5.41) is 8.94. The fourth-order valence-electron chi connectivity index (χ4n) is 3.89. The Morgan fingerprint density at radius 1 is 1.31 bits per heavy atom. The van der Waals surface area contributed by atoms with E-state index in [0.717, 1.165) is 17.9 Å². The number of aromatic amines is 1. The molecular formula is C21H26ClN5O2. The van der Waals surface area contributed by atoms with Crippen molar-refractivity contribution in [3.05, 3.63) is 51.4 Å². The molecule has 7 nitrogen and oxygen atoms in total. The number of halogens is 1. The van der Waals surface area contributed by atoms with Gasteiger partial charge < -0.3 is 10.1 Å². The summed E-state index contributed by atoms with van der Waals surface area (Å²) in [4.78, 5) is 20.1. The first-order chi connectivity index (χ1) is 13.8. The number of fused-ring (bicyclic) bond motifs is 1. The molecule has 1 fully saturated rings. The highest BCUT2D eigenvalue weighted by Gasteiger charge is 2.35. The van der Waals surface area contributed by atoms with Gasteiger partial charge in [-0.1, -0.05) is 23.7 Å². The fourth-order valence-corrected chi connectivity index (χ4v) is 4.08. The van der Waals surface area contributed by atoms with Crippen LogP contribution in [0.2, 0.25) is 5.02 Å². The maximum Gasteiger partial charge on any atom is 0.263 e. The van der Waals surface area contributed by atoms with E-state index < -0.39 is 0 Å². The first-order valence-corrected chi connectivity index (χ1v) is 10.2. The molecule has 3 aromatic rings. The normalized spacial score (nSPS) is 16.8. The minimum atomic E-state index is -0.275. The Hall–Kier alpha value is -2.38. The third-order valence-corrected chi connectivity index (χ3v) is 5.79. The van der Waals surface area contributed by atoms with Gasteiger partial charge in [-0.3, -0.25) is 9.78 Å². The van der Waals surface area contributed by atoms with E-state index in [4.69, 9.17) is 16.3 Å². The van der Waals surface area contributed by atoms with Crippen molar-refractivity contribution < 1.29 is 4.74 Å². The number of nitrogens with one attached hydrogen (secondary N) is 2. The molecule has 0 atom stereocenters. The Morgan fingerprint density at radius 2 is 2.07 bits per heavy atom. The zero-order valence-corrected chi connectivity index (χ0v) is 17.7. The van der Waals surface area contributed by atoms with Crippen molar-refractivity contribution in [2.75, 3.05) is 25.1 Å². The second kappa shape index (κ2) is 7.46. The monoisotopic (exact) mass is 415 g/mol. The van der Waals surface area contributed by atoms with Gasteiger partial charge in [0.05, 0.1) is 11.7 Å². The molecule has 2 N–H and O–H groups in total. The van der Waals surface area contributed by atoms with Crippen LogP contribution in [0.1, 0.15) is 39.2 Å². The van der Waals surface area contributed by atoms with Gasteiger partial charge >= 0.3 is 0 Å². The number of hydrogen-bond donors (Lipinski definition) is 2. The Morgan fingerprint density at radius 3 is 2.76 bits per heavy atom. The second-order valence-corrected chi connectivity index (χ2v) is 9.07. The lowest BCUT2D eigenvalue weighted by Crippen LogP contribution is -2.40. The lowest BCUT2D eigenvalue weighted by molar-refractivity contribution is 0.0543.